The number of hydrogen-bond acceptors (Lipinski definition) is 1. The van der Waals surface area contributed by atoms with Gasteiger partial charge in [-0.1, -0.05) is 27.5 Å². The Morgan fingerprint density at radius 3 is 3.07 bits per heavy atom. The van der Waals surface area contributed by atoms with E-state index in [9.17, 15) is 4.79 Å². The standard InChI is InChI=1S/C10H8BrClN2O/c11-5-9(15)14-8-4-7(12)3-6-1-2-13-10(6)8/h1-4,13H,5H2,(H,14,15). The molecule has 0 radical (unpaired) electrons. The Morgan fingerprint density at radius 2 is 2.33 bits per heavy atom. The van der Waals surface area contributed by atoms with E-state index in [0.29, 0.717) is 10.7 Å². The van der Waals surface area contributed by atoms with Crippen molar-refractivity contribution in [2.24, 2.45) is 0 Å². The molecule has 1 aromatic heterocycles. The maximum atomic E-state index is 11.2. The molecule has 0 saturated carbocycles. The van der Waals surface area contributed by atoms with Crippen LogP contribution in [0.4, 0.5) is 5.69 Å². The lowest BCUT2D eigenvalue weighted by Gasteiger charge is -2.05. The molecule has 78 valence electrons. The molecule has 0 spiro atoms. The Bertz CT molecular complexity index is 509. The van der Waals surface area contributed by atoms with Crippen LogP contribution in [0.5, 0.6) is 0 Å². The number of fused-ring (bicyclic) bond motifs is 1. The molecule has 2 rings (SSSR count). The van der Waals surface area contributed by atoms with Gasteiger partial charge in [0.15, 0.2) is 0 Å². The third kappa shape index (κ3) is 2.16. The molecule has 0 aliphatic heterocycles. The van der Waals surface area contributed by atoms with Gasteiger partial charge in [0.1, 0.15) is 0 Å². The number of benzene rings is 1. The fourth-order valence-electron chi connectivity index (χ4n) is 1.42. The predicted molar refractivity (Wildman–Crippen MR) is 65.7 cm³/mol. The number of aromatic amines is 1. The second-order valence-electron chi connectivity index (χ2n) is 3.08. The molecule has 15 heavy (non-hydrogen) atoms. The minimum Gasteiger partial charge on any atom is -0.359 e. The Labute approximate surface area is 99.9 Å². The van der Waals surface area contributed by atoms with Gasteiger partial charge in [-0.3, -0.25) is 4.79 Å². The Kier molecular flexibility index (Phi) is 2.98. The highest BCUT2D eigenvalue weighted by Gasteiger charge is 2.06. The van der Waals surface area contributed by atoms with Crippen LogP contribution >= 0.6 is 27.5 Å². The fraction of sp³-hybridized carbons (Fsp3) is 0.100. The van der Waals surface area contributed by atoms with E-state index in [-0.39, 0.29) is 11.2 Å². The molecule has 1 heterocycles. The van der Waals surface area contributed by atoms with Gasteiger partial charge in [-0.15, -0.1) is 0 Å². The van der Waals surface area contributed by atoms with Crippen molar-refractivity contribution >= 4 is 50.0 Å². The Hall–Kier alpha value is -1.00. The van der Waals surface area contributed by atoms with Gasteiger partial charge in [-0.25, -0.2) is 0 Å². The number of carbonyl (C=O) groups is 1. The lowest BCUT2D eigenvalue weighted by molar-refractivity contribution is -0.113. The van der Waals surface area contributed by atoms with Crippen LogP contribution in [0.2, 0.25) is 5.02 Å². The molecule has 0 fully saturated rings. The zero-order valence-corrected chi connectivity index (χ0v) is 10.0. The molecule has 1 amide bonds. The first-order chi connectivity index (χ1) is 7.20. The van der Waals surface area contributed by atoms with Crippen molar-refractivity contribution in [3.63, 3.8) is 0 Å². The van der Waals surface area contributed by atoms with Gasteiger partial charge in [-0.2, -0.15) is 0 Å². The minimum absolute atomic E-state index is 0.104. The summed E-state index contributed by atoms with van der Waals surface area (Å²) in [6.45, 7) is 0. The smallest absolute Gasteiger partial charge is 0.235 e. The predicted octanol–water partition coefficient (Wildman–Crippen LogP) is 3.15. The van der Waals surface area contributed by atoms with Crippen molar-refractivity contribution in [3.05, 3.63) is 29.4 Å². The van der Waals surface area contributed by atoms with Gasteiger partial charge in [0.25, 0.3) is 0 Å². The summed E-state index contributed by atoms with van der Waals surface area (Å²) in [4.78, 5) is 14.3. The van der Waals surface area contributed by atoms with Crippen LogP contribution in [0.1, 0.15) is 0 Å². The summed E-state index contributed by atoms with van der Waals surface area (Å²) in [7, 11) is 0. The molecule has 0 saturated heterocycles. The molecule has 0 aliphatic carbocycles. The van der Waals surface area contributed by atoms with Crippen molar-refractivity contribution in [1.82, 2.24) is 4.98 Å². The number of aromatic nitrogens is 1. The van der Waals surface area contributed by atoms with E-state index < -0.39 is 0 Å². The topological polar surface area (TPSA) is 44.9 Å². The van der Waals surface area contributed by atoms with E-state index in [2.05, 4.69) is 26.2 Å². The maximum Gasteiger partial charge on any atom is 0.235 e. The number of nitrogens with one attached hydrogen (secondary N) is 2. The van der Waals surface area contributed by atoms with E-state index in [0.717, 1.165) is 10.9 Å². The van der Waals surface area contributed by atoms with Crippen molar-refractivity contribution in [2.45, 2.75) is 0 Å². The first-order valence-corrected chi connectivity index (χ1v) is 5.83. The van der Waals surface area contributed by atoms with E-state index in [1.807, 2.05) is 18.3 Å². The summed E-state index contributed by atoms with van der Waals surface area (Å²) in [6.07, 6.45) is 1.81. The van der Waals surface area contributed by atoms with Gasteiger partial charge in [-0.05, 0) is 18.2 Å². The number of alkyl halides is 1. The van der Waals surface area contributed by atoms with Crippen LogP contribution in [0.25, 0.3) is 10.9 Å². The first kappa shape index (κ1) is 10.5. The molecule has 0 atom stereocenters. The summed E-state index contributed by atoms with van der Waals surface area (Å²) < 4.78 is 0. The number of amides is 1. The number of H-pyrrole nitrogens is 1. The zero-order chi connectivity index (χ0) is 10.8. The monoisotopic (exact) mass is 286 g/mol. The lowest BCUT2D eigenvalue weighted by atomic mass is 10.2. The van der Waals surface area contributed by atoms with E-state index in [4.69, 9.17) is 11.6 Å². The highest BCUT2D eigenvalue weighted by molar-refractivity contribution is 9.09. The van der Waals surface area contributed by atoms with Crippen LogP contribution in [0.15, 0.2) is 24.4 Å². The van der Waals surface area contributed by atoms with E-state index in [1.165, 1.54) is 0 Å². The Morgan fingerprint density at radius 1 is 1.53 bits per heavy atom. The molecule has 3 nitrogen and oxygen atoms in total. The van der Waals surface area contributed by atoms with Crippen LogP contribution in [-0.4, -0.2) is 16.2 Å². The third-order valence-corrected chi connectivity index (χ3v) is 2.75. The molecular formula is C10H8BrClN2O. The SMILES string of the molecule is O=C(CBr)Nc1cc(Cl)cc2cc[nH]c12. The van der Waals surface area contributed by atoms with Gasteiger partial charge in [0.05, 0.1) is 16.5 Å². The largest absolute Gasteiger partial charge is 0.359 e. The number of carbonyl (C=O) groups excluding carboxylic acids is 1. The normalized spacial score (nSPS) is 10.5. The molecule has 2 aromatic rings. The third-order valence-electron chi connectivity index (χ3n) is 2.02. The quantitative estimate of drug-likeness (QED) is 0.819. The van der Waals surface area contributed by atoms with Crippen molar-refractivity contribution in [3.8, 4) is 0 Å². The van der Waals surface area contributed by atoms with Crippen LogP contribution in [0, 0.1) is 0 Å². The fourth-order valence-corrected chi connectivity index (χ4v) is 1.78. The number of anilines is 1. The molecule has 2 N–H and O–H groups in total. The van der Waals surface area contributed by atoms with Gasteiger partial charge in [0, 0.05) is 16.6 Å². The van der Waals surface area contributed by atoms with Gasteiger partial charge < -0.3 is 10.3 Å². The van der Waals surface area contributed by atoms with Crippen LogP contribution in [-0.2, 0) is 4.79 Å². The molecule has 0 unspecified atom stereocenters. The number of rotatable bonds is 2. The van der Waals surface area contributed by atoms with Crippen molar-refractivity contribution < 1.29 is 4.79 Å². The van der Waals surface area contributed by atoms with Gasteiger partial charge >= 0.3 is 0 Å². The number of halogens is 2. The highest BCUT2D eigenvalue weighted by atomic mass is 79.9. The second-order valence-corrected chi connectivity index (χ2v) is 4.07. The van der Waals surface area contributed by atoms with Gasteiger partial charge in [0.2, 0.25) is 5.91 Å². The molecule has 0 bridgehead atoms. The molecule has 0 aliphatic rings. The van der Waals surface area contributed by atoms with Crippen LogP contribution < -0.4 is 5.32 Å². The minimum atomic E-state index is -0.104. The second kappa shape index (κ2) is 4.24. The molecule has 1 aromatic carbocycles. The highest BCUT2D eigenvalue weighted by Crippen LogP contribution is 2.26. The average Bonchev–Trinajstić information content (AvgIpc) is 2.65. The summed E-state index contributed by atoms with van der Waals surface area (Å²) in [6, 6.07) is 5.48. The maximum absolute atomic E-state index is 11.2. The lowest BCUT2D eigenvalue weighted by Crippen LogP contribution is -2.12. The molecule has 5 heteroatoms. The molecular weight excluding hydrogens is 279 g/mol. The summed E-state index contributed by atoms with van der Waals surface area (Å²) in [5, 5.41) is 4.61. The van der Waals surface area contributed by atoms with E-state index in [1.54, 1.807) is 6.07 Å². The van der Waals surface area contributed by atoms with Crippen LogP contribution in [0.3, 0.4) is 0 Å². The number of hydrogen-bond donors (Lipinski definition) is 2. The summed E-state index contributed by atoms with van der Waals surface area (Å²) in [5.74, 6) is -0.104. The first-order valence-electron chi connectivity index (χ1n) is 4.33. The van der Waals surface area contributed by atoms with E-state index >= 15 is 0 Å². The summed E-state index contributed by atoms with van der Waals surface area (Å²) >= 11 is 9.02. The average molecular weight is 288 g/mol. The Balaban J connectivity index is 2.48. The van der Waals surface area contributed by atoms with Crippen molar-refractivity contribution in [2.75, 3.05) is 10.6 Å². The summed E-state index contributed by atoms with van der Waals surface area (Å²) in [5.41, 5.74) is 1.58. The van der Waals surface area contributed by atoms with Crippen molar-refractivity contribution in [1.29, 1.82) is 0 Å². The zero-order valence-electron chi connectivity index (χ0n) is 7.68.